The molecule has 1 atom stereocenters. The van der Waals surface area contributed by atoms with Gasteiger partial charge in [-0.2, -0.15) is 0 Å². The van der Waals surface area contributed by atoms with E-state index in [1.807, 2.05) is 0 Å². The molecule has 0 fully saturated rings. The van der Waals surface area contributed by atoms with E-state index in [2.05, 4.69) is 4.99 Å². The monoisotopic (exact) mass is 165 g/mol. The Labute approximate surface area is 69.4 Å². The Morgan fingerprint density at radius 2 is 2.33 bits per heavy atom. The van der Waals surface area contributed by atoms with Gasteiger partial charge in [-0.15, -0.1) is 0 Å². The van der Waals surface area contributed by atoms with E-state index in [0.717, 1.165) is 11.8 Å². The lowest BCUT2D eigenvalue weighted by Gasteiger charge is -2.18. The van der Waals surface area contributed by atoms with Crippen molar-refractivity contribution in [2.24, 2.45) is 4.99 Å². The number of rotatable bonds is 0. The van der Waals surface area contributed by atoms with E-state index in [1.54, 1.807) is 19.1 Å². The van der Waals surface area contributed by atoms with Crippen molar-refractivity contribution in [3.05, 3.63) is 35.6 Å². The van der Waals surface area contributed by atoms with Crippen molar-refractivity contribution in [2.75, 3.05) is 0 Å². The zero-order chi connectivity index (χ0) is 8.77. The number of hydrogen-bond acceptors (Lipinski definition) is 2. The van der Waals surface area contributed by atoms with Gasteiger partial charge in [0.2, 0.25) is 0 Å². The molecule has 0 radical (unpaired) electrons. The van der Waals surface area contributed by atoms with Crippen molar-refractivity contribution in [1.82, 2.24) is 0 Å². The Hall–Kier alpha value is -1.22. The van der Waals surface area contributed by atoms with Crippen molar-refractivity contribution in [3.8, 4) is 0 Å². The molecular weight excluding hydrogens is 157 g/mol. The van der Waals surface area contributed by atoms with E-state index in [4.69, 9.17) is 0 Å². The van der Waals surface area contributed by atoms with Gasteiger partial charge in [0, 0.05) is 11.3 Å². The zero-order valence-corrected chi connectivity index (χ0v) is 6.58. The van der Waals surface area contributed by atoms with Gasteiger partial charge in [-0.05, 0) is 25.2 Å². The molecule has 0 saturated carbocycles. The molecule has 0 bridgehead atoms. The average molecular weight is 165 g/mol. The number of aliphatic hydroxyl groups is 1. The first-order chi connectivity index (χ1) is 5.59. The molecule has 2 nitrogen and oxygen atoms in total. The third kappa shape index (κ3) is 0.940. The van der Waals surface area contributed by atoms with Crippen LogP contribution in [0.25, 0.3) is 0 Å². The molecule has 1 N–H and O–H groups in total. The van der Waals surface area contributed by atoms with Crippen LogP contribution in [0.4, 0.5) is 4.39 Å². The molecule has 0 unspecified atom stereocenters. The fourth-order valence-electron chi connectivity index (χ4n) is 1.33. The van der Waals surface area contributed by atoms with Gasteiger partial charge < -0.3 is 5.11 Å². The summed E-state index contributed by atoms with van der Waals surface area (Å²) in [5, 5.41) is 9.23. The number of allylic oxidation sites excluding steroid dienone is 3. The van der Waals surface area contributed by atoms with Crippen LogP contribution in [0.2, 0.25) is 0 Å². The molecule has 1 aliphatic carbocycles. The SMILES string of the molecule is CC1=NC2=CC=C[C@@](O)(F)C2=C1. The quantitative estimate of drug-likeness (QED) is 0.579. The average Bonchev–Trinajstić information content (AvgIpc) is 2.30. The fraction of sp³-hybridized carbons (Fsp3) is 0.222. The maximum atomic E-state index is 13.3. The van der Waals surface area contributed by atoms with Crippen LogP contribution in [-0.4, -0.2) is 16.7 Å². The van der Waals surface area contributed by atoms with Gasteiger partial charge in [0.25, 0.3) is 5.85 Å². The second-order valence-electron chi connectivity index (χ2n) is 2.90. The van der Waals surface area contributed by atoms with E-state index in [1.165, 1.54) is 6.08 Å². The maximum Gasteiger partial charge on any atom is 0.254 e. The lowest BCUT2D eigenvalue weighted by atomic mass is 10.00. The van der Waals surface area contributed by atoms with Crippen LogP contribution in [0.3, 0.4) is 0 Å². The van der Waals surface area contributed by atoms with Gasteiger partial charge >= 0.3 is 0 Å². The van der Waals surface area contributed by atoms with Crippen LogP contribution >= 0.6 is 0 Å². The van der Waals surface area contributed by atoms with Crippen molar-refractivity contribution in [3.63, 3.8) is 0 Å². The van der Waals surface area contributed by atoms with E-state index in [-0.39, 0.29) is 5.57 Å². The van der Waals surface area contributed by atoms with Gasteiger partial charge in [-0.3, -0.25) is 4.99 Å². The molecule has 2 rings (SSSR count). The first kappa shape index (κ1) is 7.43. The number of halogens is 1. The van der Waals surface area contributed by atoms with Crippen LogP contribution in [0.5, 0.6) is 0 Å². The molecule has 0 amide bonds. The first-order valence-corrected chi connectivity index (χ1v) is 3.68. The Morgan fingerprint density at radius 1 is 1.58 bits per heavy atom. The minimum atomic E-state index is -2.34. The highest BCUT2D eigenvalue weighted by Crippen LogP contribution is 2.34. The summed E-state index contributed by atoms with van der Waals surface area (Å²) in [6.45, 7) is 1.77. The van der Waals surface area contributed by atoms with Gasteiger partial charge in [0.15, 0.2) is 0 Å². The summed E-state index contributed by atoms with van der Waals surface area (Å²) in [7, 11) is 0. The summed E-state index contributed by atoms with van der Waals surface area (Å²) in [5.74, 6) is -2.34. The Kier molecular flexibility index (Phi) is 1.32. The van der Waals surface area contributed by atoms with E-state index in [9.17, 15) is 9.50 Å². The summed E-state index contributed by atoms with van der Waals surface area (Å²) in [5.41, 5.74) is 1.47. The highest BCUT2D eigenvalue weighted by atomic mass is 19.2. The fourth-order valence-corrected chi connectivity index (χ4v) is 1.33. The molecule has 0 saturated heterocycles. The van der Waals surface area contributed by atoms with Crippen molar-refractivity contribution in [2.45, 2.75) is 12.8 Å². The molecular formula is C9H8FNO. The van der Waals surface area contributed by atoms with Crippen molar-refractivity contribution >= 4 is 5.71 Å². The molecule has 1 aliphatic heterocycles. The molecule has 0 aromatic carbocycles. The number of fused-ring (bicyclic) bond motifs is 1. The van der Waals surface area contributed by atoms with Gasteiger partial charge in [-0.1, -0.05) is 6.08 Å². The number of aliphatic imine (C=N–C) groups is 1. The summed E-state index contributed by atoms with van der Waals surface area (Å²) in [4.78, 5) is 4.04. The molecule has 62 valence electrons. The lowest BCUT2D eigenvalue weighted by molar-refractivity contribution is -0.00334. The topological polar surface area (TPSA) is 32.6 Å². The molecule has 0 aromatic rings. The van der Waals surface area contributed by atoms with Crippen LogP contribution in [-0.2, 0) is 0 Å². The largest absolute Gasteiger partial charge is 0.355 e. The third-order valence-corrected chi connectivity index (χ3v) is 1.87. The number of hydrogen-bond donors (Lipinski definition) is 1. The smallest absolute Gasteiger partial charge is 0.254 e. The van der Waals surface area contributed by atoms with E-state index < -0.39 is 5.85 Å². The second kappa shape index (κ2) is 2.14. The molecule has 1 heterocycles. The Balaban J connectivity index is 2.51. The summed E-state index contributed by atoms with van der Waals surface area (Å²) in [6, 6.07) is 0. The predicted octanol–water partition coefficient (Wildman–Crippen LogP) is 1.50. The van der Waals surface area contributed by atoms with Gasteiger partial charge in [-0.25, -0.2) is 4.39 Å². The maximum absolute atomic E-state index is 13.3. The van der Waals surface area contributed by atoms with Crippen molar-refractivity contribution in [1.29, 1.82) is 0 Å². The minimum Gasteiger partial charge on any atom is -0.355 e. The highest BCUT2D eigenvalue weighted by Gasteiger charge is 2.34. The molecule has 3 heteroatoms. The minimum absolute atomic E-state index is 0.238. The second-order valence-corrected chi connectivity index (χ2v) is 2.90. The summed E-state index contributed by atoms with van der Waals surface area (Å²) in [6.07, 6.45) is 5.80. The van der Waals surface area contributed by atoms with E-state index >= 15 is 0 Å². The normalized spacial score (nSPS) is 32.4. The predicted molar refractivity (Wildman–Crippen MR) is 44.5 cm³/mol. The first-order valence-electron chi connectivity index (χ1n) is 3.68. The van der Waals surface area contributed by atoms with Crippen LogP contribution in [0.1, 0.15) is 6.92 Å². The number of nitrogens with zero attached hydrogens (tertiary/aromatic N) is 1. The van der Waals surface area contributed by atoms with Crippen LogP contribution in [0.15, 0.2) is 40.6 Å². The van der Waals surface area contributed by atoms with E-state index in [0.29, 0.717) is 5.70 Å². The summed E-state index contributed by atoms with van der Waals surface area (Å²) < 4.78 is 13.3. The molecule has 0 spiro atoms. The van der Waals surface area contributed by atoms with Gasteiger partial charge in [0.1, 0.15) is 0 Å². The van der Waals surface area contributed by atoms with Crippen LogP contribution < -0.4 is 0 Å². The Morgan fingerprint density at radius 3 is 3.00 bits per heavy atom. The standard InChI is InChI=1S/C9H8FNO/c1-6-5-7-8(11-6)3-2-4-9(7,10)12/h2-5,12H,1H3/t9-/m0/s1. The third-order valence-electron chi connectivity index (χ3n) is 1.87. The van der Waals surface area contributed by atoms with Crippen LogP contribution in [0, 0.1) is 0 Å². The van der Waals surface area contributed by atoms with Gasteiger partial charge in [0.05, 0.1) is 5.70 Å². The summed E-state index contributed by atoms with van der Waals surface area (Å²) >= 11 is 0. The molecule has 2 aliphatic rings. The molecule has 0 aromatic heterocycles. The Bertz CT molecular complexity index is 348. The zero-order valence-electron chi connectivity index (χ0n) is 6.58. The number of alkyl halides is 1. The van der Waals surface area contributed by atoms with Crippen molar-refractivity contribution < 1.29 is 9.50 Å². The molecule has 12 heavy (non-hydrogen) atoms. The highest BCUT2D eigenvalue weighted by molar-refractivity contribution is 5.98. The lowest BCUT2D eigenvalue weighted by Crippen LogP contribution is -2.23.